The van der Waals surface area contributed by atoms with Crippen molar-refractivity contribution in [3.8, 4) is 0 Å². The second kappa shape index (κ2) is 3.63. The third-order valence-corrected chi connectivity index (χ3v) is 2.10. The molecule has 0 aromatic rings. The molecule has 2 atom stereocenters. The second-order valence-corrected chi connectivity index (χ2v) is 4.10. The van der Waals surface area contributed by atoms with Crippen molar-refractivity contribution in [1.29, 1.82) is 0 Å². The third-order valence-electron chi connectivity index (χ3n) is 1.74. The maximum absolute atomic E-state index is 10.9. The molecule has 0 saturated carbocycles. The predicted octanol–water partition coefficient (Wildman–Crippen LogP) is 2.13. The van der Waals surface area contributed by atoms with Crippen molar-refractivity contribution in [3.05, 3.63) is 0 Å². The lowest BCUT2D eigenvalue weighted by molar-refractivity contribution is -0.144. The van der Waals surface area contributed by atoms with Crippen LogP contribution in [-0.2, 0) is 9.53 Å². The van der Waals surface area contributed by atoms with E-state index >= 15 is 0 Å². The average Bonchev–Trinajstić information content (AvgIpc) is 2.10. The van der Waals surface area contributed by atoms with E-state index in [1.54, 1.807) is 0 Å². The molecule has 0 aromatic carbocycles. The predicted molar refractivity (Wildman–Crippen MR) is 43.8 cm³/mol. The van der Waals surface area contributed by atoms with Crippen molar-refractivity contribution in [2.24, 2.45) is 5.92 Å². The summed E-state index contributed by atoms with van der Waals surface area (Å²) >= 11 is 11.1. The molecule has 1 heterocycles. The first-order chi connectivity index (χ1) is 5.09. The Labute approximate surface area is 75.8 Å². The number of rotatable bonds is 2. The first-order valence-corrected chi connectivity index (χ1v) is 4.45. The molecule has 64 valence electrons. The van der Waals surface area contributed by atoms with Gasteiger partial charge < -0.3 is 4.74 Å². The van der Waals surface area contributed by atoms with Gasteiger partial charge in [0.15, 0.2) is 0 Å². The highest BCUT2D eigenvalue weighted by Gasteiger charge is 2.31. The fraction of sp³-hybridized carbons (Fsp3) is 0.857. The summed E-state index contributed by atoms with van der Waals surface area (Å²) in [5.41, 5.74) is 0. The van der Waals surface area contributed by atoms with E-state index < -0.39 is 4.84 Å². The monoisotopic (exact) mass is 196 g/mol. The van der Waals surface area contributed by atoms with Crippen LogP contribution in [0.2, 0.25) is 0 Å². The molecule has 1 aliphatic heterocycles. The Morgan fingerprint density at radius 1 is 1.73 bits per heavy atom. The van der Waals surface area contributed by atoms with E-state index in [1.165, 1.54) is 0 Å². The molecule has 0 amide bonds. The van der Waals surface area contributed by atoms with E-state index in [0.717, 1.165) is 6.42 Å². The molecule has 2 nitrogen and oxygen atoms in total. The molecule has 1 fully saturated rings. The van der Waals surface area contributed by atoms with Gasteiger partial charge in [-0.1, -0.05) is 6.92 Å². The minimum Gasteiger partial charge on any atom is -0.462 e. The van der Waals surface area contributed by atoms with Crippen molar-refractivity contribution in [1.82, 2.24) is 0 Å². The summed E-state index contributed by atoms with van der Waals surface area (Å²) in [6, 6.07) is 0. The first kappa shape index (κ1) is 9.14. The Kier molecular flexibility index (Phi) is 3.02. The average molecular weight is 197 g/mol. The van der Waals surface area contributed by atoms with E-state index in [1.807, 2.05) is 6.92 Å². The van der Waals surface area contributed by atoms with Crippen molar-refractivity contribution >= 4 is 29.2 Å². The quantitative estimate of drug-likeness (QED) is 0.500. The Bertz CT molecular complexity index is 159. The minimum atomic E-state index is -0.432. The van der Waals surface area contributed by atoms with Crippen LogP contribution in [0.5, 0.6) is 0 Å². The van der Waals surface area contributed by atoms with Gasteiger partial charge in [-0.3, -0.25) is 4.79 Å². The van der Waals surface area contributed by atoms with Gasteiger partial charge in [-0.15, -0.1) is 23.2 Å². The number of alkyl halides is 2. The van der Waals surface area contributed by atoms with Gasteiger partial charge in [0.05, 0.1) is 5.92 Å². The van der Waals surface area contributed by atoms with Crippen LogP contribution in [0.4, 0.5) is 0 Å². The summed E-state index contributed by atoms with van der Waals surface area (Å²) in [5.74, 6) is -0.129. The Balaban J connectivity index is 2.35. The smallest absolute Gasteiger partial charge is 0.309 e. The lowest BCUT2D eigenvalue weighted by Gasteiger charge is -2.07. The van der Waals surface area contributed by atoms with Crippen LogP contribution < -0.4 is 0 Å². The highest BCUT2D eigenvalue weighted by Crippen LogP contribution is 2.25. The molecule has 0 aliphatic carbocycles. The van der Waals surface area contributed by atoms with Crippen molar-refractivity contribution in [3.63, 3.8) is 0 Å². The second-order valence-electron chi connectivity index (χ2n) is 2.82. The van der Waals surface area contributed by atoms with Gasteiger partial charge in [-0.25, -0.2) is 0 Å². The SMILES string of the molecule is CC1CC(CC(Cl)Cl)OC1=O. The maximum Gasteiger partial charge on any atom is 0.309 e. The molecule has 2 unspecified atom stereocenters. The molecule has 0 radical (unpaired) electrons. The Morgan fingerprint density at radius 3 is 2.73 bits per heavy atom. The van der Waals surface area contributed by atoms with Crippen molar-refractivity contribution in [2.75, 3.05) is 0 Å². The summed E-state index contributed by atoms with van der Waals surface area (Å²) in [7, 11) is 0. The molecule has 0 spiro atoms. The van der Waals surface area contributed by atoms with Crippen molar-refractivity contribution in [2.45, 2.75) is 30.7 Å². The largest absolute Gasteiger partial charge is 0.462 e. The lowest BCUT2D eigenvalue weighted by Crippen LogP contribution is -2.09. The molecular weight excluding hydrogens is 187 g/mol. The number of esters is 1. The van der Waals surface area contributed by atoms with Gasteiger partial charge in [0.25, 0.3) is 0 Å². The van der Waals surface area contributed by atoms with Crippen LogP contribution >= 0.6 is 23.2 Å². The van der Waals surface area contributed by atoms with Gasteiger partial charge >= 0.3 is 5.97 Å². The van der Waals surface area contributed by atoms with Gasteiger partial charge in [-0.05, 0) is 6.42 Å². The number of ether oxygens (including phenoxy) is 1. The standard InChI is InChI=1S/C7H10Cl2O2/c1-4-2-5(3-6(8)9)11-7(4)10/h4-6H,2-3H2,1H3. The molecule has 1 aliphatic rings. The summed E-state index contributed by atoms with van der Waals surface area (Å²) in [6.45, 7) is 1.85. The van der Waals surface area contributed by atoms with E-state index in [0.29, 0.717) is 6.42 Å². The van der Waals surface area contributed by atoms with Crippen LogP contribution in [0, 0.1) is 5.92 Å². The highest BCUT2D eigenvalue weighted by molar-refractivity contribution is 6.44. The van der Waals surface area contributed by atoms with Crippen LogP contribution in [0.15, 0.2) is 0 Å². The number of carbonyl (C=O) groups excluding carboxylic acids is 1. The van der Waals surface area contributed by atoms with E-state index in [2.05, 4.69) is 0 Å². The number of hydrogen-bond donors (Lipinski definition) is 0. The number of cyclic esters (lactones) is 1. The van der Waals surface area contributed by atoms with Gasteiger partial charge in [0, 0.05) is 6.42 Å². The zero-order valence-corrected chi connectivity index (χ0v) is 7.73. The molecule has 0 N–H and O–H groups in total. The summed E-state index contributed by atoms with van der Waals surface area (Å²) in [5, 5.41) is 0. The maximum atomic E-state index is 10.9. The van der Waals surface area contributed by atoms with Crippen molar-refractivity contribution < 1.29 is 9.53 Å². The topological polar surface area (TPSA) is 26.3 Å². The fourth-order valence-corrected chi connectivity index (χ4v) is 1.56. The number of hydrogen-bond acceptors (Lipinski definition) is 2. The summed E-state index contributed by atoms with van der Waals surface area (Å²) < 4.78 is 4.98. The van der Waals surface area contributed by atoms with Crippen LogP contribution in [0.3, 0.4) is 0 Å². The van der Waals surface area contributed by atoms with Gasteiger partial charge in [0.2, 0.25) is 0 Å². The zero-order chi connectivity index (χ0) is 8.43. The highest BCUT2D eigenvalue weighted by atomic mass is 35.5. The molecule has 11 heavy (non-hydrogen) atoms. The van der Waals surface area contributed by atoms with E-state index in [-0.39, 0.29) is 18.0 Å². The molecule has 1 saturated heterocycles. The Hall–Kier alpha value is 0.0500. The summed E-state index contributed by atoms with van der Waals surface area (Å²) in [6.07, 6.45) is 1.21. The zero-order valence-electron chi connectivity index (χ0n) is 6.22. The van der Waals surface area contributed by atoms with E-state index in [4.69, 9.17) is 27.9 Å². The van der Waals surface area contributed by atoms with Crippen LogP contribution in [0.25, 0.3) is 0 Å². The number of halogens is 2. The summed E-state index contributed by atoms with van der Waals surface area (Å²) in [4.78, 5) is 10.4. The van der Waals surface area contributed by atoms with Gasteiger partial charge in [-0.2, -0.15) is 0 Å². The molecule has 4 heteroatoms. The molecule has 1 rings (SSSR count). The molecular formula is C7H10Cl2O2. The Morgan fingerprint density at radius 2 is 2.36 bits per heavy atom. The normalized spacial score (nSPS) is 31.1. The minimum absolute atomic E-state index is 0.00656. The van der Waals surface area contributed by atoms with Gasteiger partial charge in [0.1, 0.15) is 10.9 Å². The van der Waals surface area contributed by atoms with Crippen LogP contribution in [-0.4, -0.2) is 16.9 Å². The fourth-order valence-electron chi connectivity index (χ4n) is 1.16. The van der Waals surface area contributed by atoms with E-state index in [9.17, 15) is 4.79 Å². The third kappa shape index (κ3) is 2.53. The first-order valence-electron chi connectivity index (χ1n) is 3.58. The lowest BCUT2D eigenvalue weighted by atomic mass is 10.1. The number of carbonyl (C=O) groups is 1. The van der Waals surface area contributed by atoms with Crippen LogP contribution in [0.1, 0.15) is 19.8 Å². The molecule has 0 aromatic heterocycles. The molecule has 0 bridgehead atoms.